The fourth-order valence-electron chi connectivity index (χ4n) is 15.1. The van der Waals surface area contributed by atoms with Gasteiger partial charge in [0.25, 0.3) is 0 Å². The molecule has 0 aliphatic carbocycles. The van der Waals surface area contributed by atoms with Crippen LogP contribution in [0.1, 0.15) is 236 Å². The quantitative estimate of drug-likeness (QED) is 0.0275. The highest BCUT2D eigenvalue weighted by Gasteiger charge is 2.40. The number of ether oxygens (including phenoxy) is 1. The molecule has 2 saturated heterocycles. The summed E-state index contributed by atoms with van der Waals surface area (Å²) in [5, 5.41) is 18.1. The third kappa shape index (κ3) is 34.4. The molecule has 644 valence electrons. The van der Waals surface area contributed by atoms with E-state index in [1.165, 1.54) is 6.92 Å². The number of amides is 7. The van der Waals surface area contributed by atoms with Gasteiger partial charge in [0.15, 0.2) is 28.9 Å². The molecule has 0 bridgehead atoms. The number of benzene rings is 1. The minimum absolute atomic E-state index is 0.0156. The number of thiol groups is 1. The number of nitrogens with two attached hydrogens (primary N) is 3. The van der Waals surface area contributed by atoms with E-state index in [4.69, 9.17) is 21.9 Å². The van der Waals surface area contributed by atoms with Gasteiger partial charge in [-0.25, -0.2) is 8.42 Å². The van der Waals surface area contributed by atoms with Gasteiger partial charge >= 0.3 is 0 Å². The van der Waals surface area contributed by atoms with Gasteiger partial charge in [0.05, 0.1) is 55.2 Å². The number of hydrogen-bond donors (Lipinski definition) is 11. The summed E-state index contributed by atoms with van der Waals surface area (Å²) in [6.45, 7) is 19.3. The van der Waals surface area contributed by atoms with Crippen LogP contribution in [0.4, 0.5) is 0 Å². The minimum atomic E-state index is -4.33. The van der Waals surface area contributed by atoms with Crippen molar-refractivity contribution in [3.63, 3.8) is 0 Å². The lowest BCUT2D eigenvalue weighted by atomic mass is 9.85. The molecule has 2 aliphatic heterocycles. The number of rotatable bonds is 30. The first kappa shape index (κ1) is 99.5. The van der Waals surface area contributed by atoms with Crippen molar-refractivity contribution in [2.24, 2.45) is 76.4 Å². The molecule has 30 heteroatoms. The topological polar surface area (TPSA) is 438 Å². The number of aromatic amines is 1. The van der Waals surface area contributed by atoms with Crippen molar-refractivity contribution >= 4 is 110 Å². The Balaban J connectivity index is 1.82. The maximum Gasteiger partial charge on any atom is 0.246 e. The highest BCUT2D eigenvalue weighted by atomic mass is 32.2. The Labute approximate surface area is 683 Å². The molecule has 1 aromatic heterocycles. The molecule has 28 nitrogen and oxygen atoms in total. The predicted molar refractivity (Wildman–Crippen MR) is 446 cm³/mol. The van der Waals surface area contributed by atoms with Crippen LogP contribution < -0.4 is 49.1 Å². The van der Waals surface area contributed by atoms with Gasteiger partial charge in [-0.05, 0) is 171 Å². The van der Waals surface area contributed by atoms with E-state index < -0.39 is 183 Å². The summed E-state index contributed by atoms with van der Waals surface area (Å²) in [5.41, 5.74) is 19.4. The van der Waals surface area contributed by atoms with Gasteiger partial charge < -0.3 is 63.7 Å². The fraction of sp³-hybridized carbons (Fsp3) is 0.750. The first-order chi connectivity index (χ1) is 54.1. The zero-order chi connectivity index (χ0) is 84.8. The number of aromatic nitrogens is 1. The highest BCUT2D eigenvalue weighted by Crippen LogP contribution is 2.30. The molecule has 114 heavy (non-hydrogen) atoms. The van der Waals surface area contributed by atoms with Crippen molar-refractivity contribution in [3.05, 3.63) is 36.0 Å². The standard InChI is InChI=1S/C84H140N12O16S2/c1-12-13-25-59-43-65(97)49-95(114(110,111)39-24-36-88-79(104)57(10)52-113)37-23-32-72(98)69(29-16-19-33-85)92-81(106)61(41-54(4)5)45-75(101)71(31-18-21-35-87)93-82(107)60(40-53(2)3)44-74(100)70(30-17-20-34-86)91-77(103)51-112-50-64-26-22-38-96(64)84(109)62(42-63-48-89-68-28-15-14-27-66(63)68)46-73(99)58(11)90-83(108)67(55(6)7)47-76(102)78(56(8)9)94-80(59)105/h14-15,27-28,48,53-62,64,67,69-71,78,89,113H,12-13,16-26,29-47,49-52,85-87H2,1-11H3,(H,88,104)(H,90,108)(H,91,103)(H,92,106)(H,93,107)(H,94,105)/t57-,58-,59+,60+,61+,62+,64+,67-,69-,70-,71-,78-/m0/s1. The summed E-state index contributed by atoms with van der Waals surface area (Å²) in [4.78, 5) is 193. The molecule has 0 radical (unpaired) electrons. The molecule has 2 aromatic rings. The van der Waals surface area contributed by atoms with Gasteiger partial charge in [0.2, 0.25) is 51.4 Å². The maximum atomic E-state index is 15.1. The van der Waals surface area contributed by atoms with Crippen LogP contribution in [0.25, 0.3) is 10.9 Å². The van der Waals surface area contributed by atoms with Crippen molar-refractivity contribution in [2.75, 3.05) is 70.5 Å². The van der Waals surface area contributed by atoms with E-state index in [1.54, 1.807) is 45.7 Å². The number of Topliss-reactive ketones (excluding diaryl/α,β-unsaturated/α-hetero) is 6. The number of H-pyrrole nitrogens is 1. The third-order valence-electron chi connectivity index (χ3n) is 21.9. The second-order valence-electron chi connectivity index (χ2n) is 33.4. The summed E-state index contributed by atoms with van der Waals surface area (Å²) in [6.07, 6.45) is 6.07. The molecule has 13 N–H and O–H groups in total. The molecule has 7 amide bonds. The number of ketones is 6. The highest BCUT2D eigenvalue weighted by molar-refractivity contribution is 7.89. The number of nitrogens with one attached hydrogen (secondary N) is 7. The molecule has 0 spiro atoms. The first-order valence-corrected chi connectivity index (χ1v) is 44.4. The second-order valence-corrected chi connectivity index (χ2v) is 35.8. The van der Waals surface area contributed by atoms with Crippen LogP contribution >= 0.6 is 12.6 Å². The van der Waals surface area contributed by atoms with Crippen LogP contribution in [0.15, 0.2) is 30.5 Å². The first-order valence-electron chi connectivity index (χ1n) is 42.2. The summed E-state index contributed by atoms with van der Waals surface area (Å²) in [7, 11) is -4.33. The van der Waals surface area contributed by atoms with E-state index in [9.17, 15) is 66.0 Å². The SMILES string of the molecule is CCCC[C@@H]1CC(=O)CN(S(=O)(=O)CCCNC(=O)[C@@H](C)CS)CCCC(=O)[C@H](CCCCN)NC(=O)[C@H](CC(C)C)CC(=O)[C@H](CCCCN)NC(=O)[C@H](CC(C)C)CC(=O)[C@H](CCCCN)NC(=O)COC[C@H]2CCCN2C(=O)[C@H](Cc2c[nH]c3ccccc23)CC(=O)[C@H](C)NC(=O)[C@H](C(C)C)CC(=O)[C@H](C(C)C)NC1=O. The largest absolute Gasteiger partial charge is 0.370 e. The summed E-state index contributed by atoms with van der Waals surface area (Å²) < 4.78 is 36.0. The van der Waals surface area contributed by atoms with Crippen molar-refractivity contribution in [1.82, 2.24) is 46.1 Å². The molecule has 0 saturated carbocycles. The number of unbranched alkanes of at least 4 members (excludes halogenated alkanes) is 4. The molecule has 3 heterocycles. The molecule has 1 aromatic carbocycles. The molecule has 0 unspecified atom stereocenters. The Hall–Kier alpha value is -6.83. The normalized spacial score (nSPS) is 24.8. The van der Waals surface area contributed by atoms with Gasteiger partial charge in [-0.1, -0.05) is 100 Å². The minimum Gasteiger partial charge on any atom is -0.370 e. The second kappa shape index (κ2) is 52.1. The lowest BCUT2D eigenvalue weighted by molar-refractivity contribution is -0.141. The lowest BCUT2D eigenvalue weighted by Gasteiger charge is -2.30. The number of hydrogen-bond acceptors (Lipinski definition) is 20. The molecule has 2 fully saturated rings. The van der Waals surface area contributed by atoms with E-state index in [0.717, 1.165) is 20.8 Å². The smallest absolute Gasteiger partial charge is 0.246 e. The average molecular weight is 1640 g/mol. The van der Waals surface area contributed by atoms with E-state index in [2.05, 4.69) is 49.5 Å². The van der Waals surface area contributed by atoms with Gasteiger partial charge in [-0.3, -0.25) is 62.3 Å². The number of nitrogens with zero attached hydrogens (tertiary/aromatic N) is 2. The number of carbonyl (C=O) groups is 13. The fourth-order valence-corrected chi connectivity index (χ4v) is 16.8. The lowest BCUT2D eigenvalue weighted by Crippen LogP contribution is -2.50. The molecule has 12 atom stereocenters. The van der Waals surface area contributed by atoms with Crippen LogP contribution in [0.5, 0.6) is 0 Å². The number of carbonyl (C=O) groups excluding carboxylic acids is 13. The number of para-hydroxylation sites is 1. The zero-order valence-electron chi connectivity index (χ0n) is 70.1. The summed E-state index contributed by atoms with van der Waals surface area (Å²) >= 11 is 4.20. The van der Waals surface area contributed by atoms with Crippen molar-refractivity contribution in [1.29, 1.82) is 0 Å². The van der Waals surface area contributed by atoms with Crippen LogP contribution in [0.2, 0.25) is 0 Å². The van der Waals surface area contributed by atoms with Crippen LogP contribution in [0, 0.1) is 59.2 Å². The monoisotopic (exact) mass is 1640 g/mol. The van der Waals surface area contributed by atoms with Crippen LogP contribution in [-0.2, 0) is 83.5 Å². The van der Waals surface area contributed by atoms with Crippen molar-refractivity contribution < 1.29 is 75.5 Å². The predicted octanol–water partition coefficient (Wildman–Crippen LogP) is 7.09. The van der Waals surface area contributed by atoms with Gasteiger partial charge in [0, 0.05) is 117 Å². The number of fused-ring (bicyclic) bond motifs is 2. The zero-order valence-corrected chi connectivity index (χ0v) is 71.8. The summed E-state index contributed by atoms with van der Waals surface area (Å²) in [6, 6.07) is 1.53. The van der Waals surface area contributed by atoms with Crippen LogP contribution in [0.3, 0.4) is 0 Å². The van der Waals surface area contributed by atoms with E-state index in [-0.39, 0.29) is 146 Å². The molecule has 2 aliphatic rings. The molecular formula is C84H140N12O16S2. The third-order valence-corrected chi connectivity index (χ3v) is 24.4. The van der Waals surface area contributed by atoms with E-state index in [1.807, 2.05) is 58.9 Å². The van der Waals surface area contributed by atoms with E-state index in [0.29, 0.717) is 83.8 Å². The molecular weight excluding hydrogens is 1500 g/mol. The summed E-state index contributed by atoms with van der Waals surface area (Å²) in [5.74, 6) is -13.3. The Morgan fingerprint density at radius 3 is 1.72 bits per heavy atom. The Bertz CT molecular complexity index is 3550. The van der Waals surface area contributed by atoms with Crippen molar-refractivity contribution in [2.45, 2.75) is 273 Å². The van der Waals surface area contributed by atoms with Crippen molar-refractivity contribution in [3.8, 4) is 0 Å². The van der Waals surface area contributed by atoms with E-state index >= 15 is 4.79 Å². The Morgan fingerprint density at radius 2 is 1.17 bits per heavy atom. The van der Waals surface area contributed by atoms with Gasteiger partial charge in [-0.15, -0.1) is 0 Å². The maximum absolute atomic E-state index is 15.1. The van der Waals surface area contributed by atoms with Crippen LogP contribution in [-0.4, -0.2) is 205 Å². The van der Waals surface area contributed by atoms with Gasteiger partial charge in [-0.2, -0.15) is 16.9 Å². The molecule has 4 rings (SSSR count). The Kier molecular flexibility index (Phi) is 45.5. The van der Waals surface area contributed by atoms with Gasteiger partial charge in [0.1, 0.15) is 12.4 Å². The Morgan fingerprint density at radius 1 is 0.605 bits per heavy atom. The number of sulfonamides is 1. The average Bonchev–Trinajstić information content (AvgIpc) is 1.62.